The number of carbonyl (C=O) groups is 1. The lowest BCUT2D eigenvalue weighted by molar-refractivity contribution is 0.103. The highest BCUT2D eigenvalue weighted by Crippen LogP contribution is 2.11. The predicted molar refractivity (Wildman–Crippen MR) is 123 cm³/mol. The normalized spacial score (nSPS) is 13.5. The summed E-state index contributed by atoms with van der Waals surface area (Å²) in [6, 6.07) is 9.14. The van der Waals surface area contributed by atoms with Crippen LogP contribution in [0.3, 0.4) is 0 Å². The summed E-state index contributed by atoms with van der Waals surface area (Å²) in [5, 5.41) is 4.23. The van der Waals surface area contributed by atoms with E-state index in [-0.39, 0.29) is 11.3 Å². The number of Topliss-reactive ketones (excluding diaryl/α,β-unsaturated/α-hetero) is 1. The number of allylic oxidation sites excluding steroid dienone is 6. The highest BCUT2D eigenvalue weighted by atomic mass is 16.5. The van der Waals surface area contributed by atoms with Crippen LogP contribution in [-0.2, 0) is 11.2 Å². The maximum Gasteiger partial charge on any atom is 0.216 e. The second-order valence-electron chi connectivity index (χ2n) is 7.10. The van der Waals surface area contributed by atoms with Gasteiger partial charge >= 0.3 is 0 Å². The number of aryl methyl sites for hydroxylation is 1. The molecule has 158 valence electrons. The zero-order valence-corrected chi connectivity index (χ0v) is 17.7. The molecule has 0 N–H and O–H groups in total. The van der Waals surface area contributed by atoms with E-state index in [1.807, 2.05) is 24.3 Å². The molecule has 0 fully saturated rings. The van der Waals surface area contributed by atoms with Crippen molar-refractivity contribution in [1.82, 2.24) is 9.78 Å². The Kier molecular flexibility index (Phi) is 7.71. The molecular formula is C26H26N2O3. The van der Waals surface area contributed by atoms with Crippen LogP contribution in [0.25, 0.3) is 5.69 Å². The summed E-state index contributed by atoms with van der Waals surface area (Å²) in [5.74, 6) is -0.507. The number of rotatable bonds is 9. The Balaban J connectivity index is 1.62. The minimum atomic E-state index is -0.507. The Morgan fingerprint density at radius 1 is 1.19 bits per heavy atom. The van der Waals surface area contributed by atoms with Gasteiger partial charge in [0.25, 0.3) is 0 Å². The van der Waals surface area contributed by atoms with Crippen molar-refractivity contribution < 1.29 is 9.53 Å². The summed E-state index contributed by atoms with van der Waals surface area (Å²) < 4.78 is 6.99. The molecule has 0 amide bonds. The molecule has 0 saturated heterocycles. The lowest BCUT2D eigenvalue weighted by atomic mass is 10.1. The van der Waals surface area contributed by atoms with Gasteiger partial charge in [-0.1, -0.05) is 56.0 Å². The van der Waals surface area contributed by atoms with Crippen molar-refractivity contribution in [3.8, 4) is 5.69 Å². The van der Waals surface area contributed by atoms with Gasteiger partial charge < -0.3 is 4.74 Å². The van der Waals surface area contributed by atoms with Gasteiger partial charge in [0.1, 0.15) is 6.61 Å². The fourth-order valence-corrected chi connectivity index (χ4v) is 3.01. The Morgan fingerprint density at radius 2 is 2.00 bits per heavy atom. The number of aromatic nitrogens is 2. The van der Waals surface area contributed by atoms with E-state index < -0.39 is 11.2 Å². The van der Waals surface area contributed by atoms with E-state index in [1.165, 1.54) is 22.4 Å². The van der Waals surface area contributed by atoms with E-state index in [1.54, 1.807) is 24.6 Å². The molecule has 1 aromatic heterocycles. The van der Waals surface area contributed by atoms with Crippen LogP contribution < -0.4 is 5.43 Å². The molecule has 1 aliphatic rings. The van der Waals surface area contributed by atoms with Crippen LogP contribution in [-0.4, -0.2) is 22.2 Å². The number of carbonyl (C=O) groups excluding carboxylic acids is 1. The van der Waals surface area contributed by atoms with Crippen LogP contribution in [0.1, 0.15) is 35.8 Å². The number of ether oxygens (including phenoxy) is 1. The Bertz CT molecular complexity index is 1120. The topological polar surface area (TPSA) is 61.2 Å². The van der Waals surface area contributed by atoms with Gasteiger partial charge in [-0.3, -0.25) is 9.59 Å². The summed E-state index contributed by atoms with van der Waals surface area (Å²) in [4.78, 5) is 24.9. The number of hydrogen-bond donors (Lipinski definition) is 0. The molecule has 0 atom stereocenters. The molecule has 0 radical (unpaired) electrons. The summed E-state index contributed by atoms with van der Waals surface area (Å²) in [6.07, 6.45) is 17.4. The van der Waals surface area contributed by atoms with E-state index >= 15 is 0 Å². The SMILES string of the molecule is C=C(/C=C\C=C\OCC1=CCCC=C1)C(=O)c1nn(-c2ccc(CC)cc2)ccc1=O. The van der Waals surface area contributed by atoms with E-state index in [0.29, 0.717) is 6.61 Å². The van der Waals surface area contributed by atoms with E-state index in [9.17, 15) is 9.59 Å². The van der Waals surface area contributed by atoms with Crippen LogP contribution in [0, 0.1) is 0 Å². The van der Waals surface area contributed by atoms with Gasteiger partial charge in [-0.25, -0.2) is 4.68 Å². The molecular weight excluding hydrogens is 388 g/mol. The van der Waals surface area contributed by atoms with Crippen LogP contribution in [0.15, 0.2) is 102 Å². The summed E-state index contributed by atoms with van der Waals surface area (Å²) in [5.41, 5.74) is 2.70. The lowest BCUT2D eigenvalue weighted by Gasteiger charge is -2.08. The quantitative estimate of drug-likeness (QED) is 0.253. The Morgan fingerprint density at radius 3 is 2.71 bits per heavy atom. The van der Waals surface area contributed by atoms with Crippen molar-refractivity contribution in [2.24, 2.45) is 0 Å². The van der Waals surface area contributed by atoms with E-state index in [0.717, 1.165) is 30.5 Å². The highest BCUT2D eigenvalue weighted by Gasteiger charge is 2.15. The van der Waals surface area contributed by atoms with Crippen LogP contribution in [0.4, 0.5) is 0 Å². The van der Waals surface area contributed by atoms with Crippen molar-refractivity contribution in [2.45, 2.75) is 26.2 Å². The van der Waals surface area contributed by atoms with Gasteiger partial charge in [0.2, 0.25) is 11.2 Å². The summed E-state index contributed by atoms with van der Waals surface area (Å²) in [7, 11) is 0. The molecule has 1 aliphatic carbocycles. The fourth-order valence-electron chi connectivity index (χ4n) is 3.01. The molecule has 5 heteroatoms. The first-order chi connectivity index (χ1) is 15.1. The largest absolute Gasteiger partial charge is 0.497 e. The first-order valence-electron chi connectivity index (χ1n) is 10.3. The van der Waals surface area contributed by atoms with Crippen molar-refractivity contribution in [2.75, 3.05) is 6.61 Å². The minimum absolute atomic E-state index is 0.159. The summed E-state index contributed by atoms with van der Waals surface area (Å²) in [6.45, 7) is 6.36. The molecule has 2 aromatic rings. The van der Waals surface area contributed by atoms with E-state index in [2.05, 4.69) is 36.8 Å². The molecule has 0 saturated carbocycles. The molecule has 0 bridgehead atoms. The maximum atomic E-state index is 12.7. The van der Waals surface area contributed by atoms with Gasteiger partial charge in [-0.2, -0.15) is 5.10 Å². The maximum absolute atomic E-state index is 12.7. The van der Waals surface area contributed by atoms with Gasteiger partial charge in [-0.15, -0.1) is 0 Å². The van der Waals surface area contributed by atoms with Crippen molar-refractivity contribution in [3.05, 3.63) is 118 Å². The monoisotopic (exact) mass is 414 g/mol. The molecule has 31 heavy (non-hydrogen) atoms. The number of benzene rings is 1. The number of nitrogens with zero attached hydrogens (tertiary/aromatic N) is 2. The van der Waals surface area contributed by atoms with Crippen molar-refractivity contribution in [3.63, 3.8) is 0 Å². The molecule has 3 rings (SSSR count). The molecule has 0 aliphatic heterocycles. The smallest absolute Gasteiger partial charge is 0.216 e. The standard InChI is InChI=1S/C26H26N2O3/c1-3-21-12-14-23(15-13-21)28-17-16-24(29)25(27-28)26(30)20(2)9-7-8-18-31-19-22-10-5-4-6-11-22/h5,7-18H,2-4,6,19H2,1H3/b9-7-,18-8+. The molecule has 0 unspecified atom stereocenters. The molecule has 0 spiro atoms. The van der Waals surface area contributed by atoms with Gasteiger partial charge in [-0.05, 0) is 48.6 Å². The van der Waals surface area contributed by atoms with Gasteiger partial charge in [0.15, 0.2) is 5.69 Å². The first kappa shape index (κ1) is 22.0. The lowest BCUT2D eigenvalue weighted by Crippen LogP contribution is -2.21. The Hall–Kier alpha value is -3.73. The van der Waals surface area contributed by atoms with Crippen LogP contribution in [0.5, 0.6) is 0 Å². The van der Waals surface area contributed by atoms with Gasteiger partial charge in [0.05, 0.1) is 11.9 Å². The summed E-state index contributed by atoms with van der Waals surface area (Å²) >= 11 is 0. The third-order valence-corrected chi connectivity index (χ3v) is 4.83. The Labute approximate surface area is 182 Å². The first-order valence-corrected chi connectivity index (χ1v) is 10.3. The number of hydrogen-bond acceptors (Lipinski definition) is 4. The second-order valence-corrected chi connectivity index (χ2v) is 7.10. The number of ketones is 1. The molecule has 1 heterocycles. The third kappa shape index (κ3) is 6.12. The fraction of sp³-hybridized carbons (Fsp3) is 0.192. The average molecular weight is 415 g/mol. The van der Waals surface area contributed by atoms with Crippen molar-refractivity contribution >= 4 is 5.78 Å². The zero-order chi connectivity index (χ0) is 22.1. The molecule has 5 nitrogen and oxygen atoms in total. The second kappa shape index (κ2) is 10.9. The van der Waals surface area contributed by atoms with Crippen molar-refractivity contribution in [1.29, 1.82) is 0 Å². The van der Waals surface area contributed by atoms with Crippen LogP contribution >= 0.6 is 0 Å². The molecule has 1 aromatic carbocycles. The average Bonchev–Trinajstić information content (AvgIpc) is 2.81. The third-order valence-electron chi connectivity index (χ3n) is 4.83. The zero-order valence-electron chi connectivity index (χ0n) is 17.7. The van der Waals surface area contributed by atoms with E-state index in [4.69, 9.17) is 4.74 Å². The predicted octanol–water partition coefficient (Wildman–Crippen LogP) is 4.90. The van der Waals surface area contributed by atoms with Gasteiger partial charge in [0, 0.05) is 17.8 Å². The van der Waals surface area contributed by atoms with Crippen LogP contribution in [0.2, 0.25) is 0 Å². The highest BCUT2D eigenvalue weighted by molar-refractivity contribution is 6.08. The minimum Gasteiger partial charge on any atom is -0.497 e.